The van der Waals surface area contributed by atoms with Gasteiger partial charge in [-0.1, -0.05) is 102 Å². The molecule has 2 fully saturated rings. The van der Waals surface area contributed by atoms with Crippen molar-refractivity contribution in [3.8, 4) is 0 Å². The largest absolute Gasteiger partial charge is 0.455 e. The summed E-state index contributed by atoms with van der Waals surface area (Å²) in [6.45, 7) is 4.67. The second-order valence-electron chi connectivity index (χ2n) is 13.9. The lowest BCUT2D eigenvalue weighted by molar-refractivity contribution is -0.362. The number of benzene rings is 4. The summed E-state index contributed by atoms with van der Waals surface area (Å²) in [5.74, 6) is -1.97. The molecule has 2 heterocycles. The van der Waals surface area contributed by atoms with E-state index in [1.165, 1.54) is 6.92 Å². The molecule has 10 atom stereocenters. The molecule has 6 unspecified atom stereocenters. The van der Waals surface area contributed by atoms with Gasteiger partial charge in [0, 0.05) is 18.4 Å². The average Bonchev–Trinajstić information content (AvgIpc) is 3.25. The van der Waals surface area contributed by atoms with Gasteiger partial charge in [0.2, 0.25) is 0 Å². The third kappa shape index (κ3) is 11.7. The van der Waals surface area contributed by atoms with Crippen LogP contribution in [-0.4, -0.2) is 92.5 Å². The van der Waals surface area contributed by atoms with Crippen LogP contribution in [0.1, 0.15) is 52.6 Å². The first-order valence-electron chi connectivity index (χ1n) is 19.3. The minimum absolute atomic E-state index is 0.000101. The van der Waals surface area contributed by atoms with E-state index < -0.39 is 79.3 Å². The van der Waals surface area contributed by atoms with E-state index in [9.17, 15) is 14.4 Å². The van der Waals surface area contributed by atoms with Gasteiger partial charge in [0.15, 0.2) is 30.9 Å². The zero-order valence-electron chi connectivity index (χ0n) is 32.9. The molecule has 0 N–H and O–H groups in total. The lowest BCUT2D eigenvalue weighted by Crippen LogP contribution is -2.65. The standard InChI is InChI=1S/C44H47N3O12/c1-28-36(58-42(50)34-22-14-7-15-23-34)38(39(43(54-28)51-25-24-46-47-45)52-26-31-16-8-4-9-17-31)59-44-40(53-27-32-18-10-5-11-19-32)37(56-30(3)48)35(29(2)55-44)57-41(49)33-20-12-6-13-21-33/h4-23,28-29,35-40,43-44H,24-27H2,1-3H3/t28?,29?,35-,36-,37?,38?,39?,40?,43-,44+/m1/s1. The quantitative estimate of drug-likeness (QED) is 0.0274. The number of hydrogen-bond acceptors (Lipinski definition) is 13. The Labute approximate surface area is 342 Å². The lowest BCUT2D eigenvalue weighted by Gasteiger charge is -2.49. The number of hydrogen-bond donors (Lipinski definition) is 0. The first-order valence-corrected chi connectivity index (χ1v) is 19.3. The molecule has 0 spiro atoms. The number of azide groups is 1. The van der Waals surface area contributed by atoms with Gasteiger partial charge in [-0.2, -0.15) is 0 Å². The number of ether oxygens (including phenoxy) is 9. The Balaban J connectivity index is 1.39. The van der Waals surface area contributed by atoms with Crippen LogP contribution in [0.15, 0.2) is 126 Å². The summed E-state index contributed by atoms with van der Waals surface area (Å²) in [4.78, 5) is 42.8. The number of rotatable bonds is 17. The second-order valence-corrected chi connectivity index (χ2v) is 13.9. The lowest BCUT2D eigenvalue weighted by atomic mass is 9.96. The Bertz CT molecular complexity index is 1990. The average molecular weight is 810 g/mol. The van der Waals surface area contributed by atoms with E-state index in [0.29, 0.717) is 0 Å². The van der Waals surface area contributed by atoms with Crippen LogP contribution in [0, 0.1) is 0 Å². The predicted octanol–water partition coefficient (Wildman–Crippen LogP) is 6.74. The molecule has 310 valence electrons. The van der Waals surface area contributed by atoms with Crippen molar-refractivity contribution in [2.45, 2.75) is 95.4 Å². The van der Waals surface area contributed by atoms with E-state index >= 15 is 0 Å². The third-order valence-corrected chi connectivity index (χ3v) is 9.66. The maximum Gasteiger partial charge on any atom is 0.338 e. The zero-order valence-corrected chi connectivity index (χ0v) is 32.9. The molecule has 6 rings (SSSR count). The van der Waals surface area contributed by atoms with Gasteiger partial charge in [0.05, 0.1) is 43.2 Å². The van der Waals surface area contributed by atoms with Gasteiger partial charge in [-0.3, -0.25) is 4.79 Å². The molecular formula is C44H47N3O12. The molecule has 15 nitrogen and oxygen atoms in total. The Morgan fingerprint density at radius 2 is 1.02 bits per heavy atom. The fourth-order valence-electron chi connectivity index (χ4n) is 6.82. The number of carbonyl (C=O) groups excluding carboxylic acids is 3. The minimum Gasteiger partial charge on any atom is -0.455 e. The summed E-state index contributed by atoms with van der Waals surface area (Å²) in [6.07, 6.45) is -11.2. The second kappa shape index (κ2) is 21.4. The molecule has 2 saturated heterocycles. The Morgan fingerprint density at radius 1 is 0.576 bits per heavy atom. The molecule has 4 aromatic carbocycles. The molecule has 2 aliphatic rings. The third-order valence-electron chi connectivity index (χ3n) is 9.66. The van der Waals surface area contributed by atoms with Gasteiger partial charge < -0.3 is 42.6 Å². The molecular weight excluding hydrogens is 762 g/mol. The van der Waals surface area contributed by atoms with E-state index in [4.69, 9.17) is 48.2 Å². The number of esters is 3. The molecule has 0 bridgehead atoms. The van der Waals surface area contributed by atoms with Crippen LogP contribution in [0.2, 0.25) is 0 Å². The van der Waals surface area contributed by atoms with Gasteiger partial charge in [0.25, 0.3) is 0 Å². The van der Waals surface area contributed by atoms with Crippen molar-refractivity contribution in [2.24, 2.45) is 5.11 Å². The van der Waals surface area contributed by atoms with Crippen LogP contribution in [0.25, 0.3) is 10.4 Å². The van der Waals surface area contributed by atoms with Crippen LogP contribution >= 0.6 is 0 Å². The van der Waals surface area contributed by atoms with Crippen molar-refractivity contribution >= 4 is 17.9 Å². The highest BCUT2D eigenvalue weighted by Gasteiger charge is 2.55. The highest BCUT2D eigenvalue weighted by molar-refractivity contribution is 5.90. The monoisotopic (exact) mass is 809 g/mol. The molecule has 0 saturated carbocycles. The molecule has 0 amide bonds. The molecule has 15 heteroatoms. The highest BCUT2D eigenvalue weighted by atomic mass is 16.8. The molecule has 2 aliphatic heterocycles. The first kappa shape index (κ1) is 43.0. The summed E-state index contributed by atoms with van der Waals surface area (Å²) >= 11 is 0. The molecule has 0 aliphatic carbocycles. The highest BCUT2D eigenvalue weighted by Crippen LogP contribution is 2.36. The SMILES string of the molecule is CC(=O)OC1C(OCc2ccccc2)[C@H](OC2C(OCc3ccccc3)[C@H](OCCN=[N+]=[N-])OC(C)[C@H]2OC(=O)c2ccccc2)OC(C)[C@H]1OC(=O)c1ccccc1. The van der Waals surface area contributed by atoms with E-state index in [2.05, 4.69) is 10.0 Å². The van der Waals surface area contributed by atoms with Crippen LogP contribution in [-0.2, 0) is 60.6 Å². The molecule has 4 aromatic rings. The maximum atomic E-state index is 13.7. The summed E-state index contributed by atoms with van der Waals surface area (Å²) in [5.41, 5.74) is 11.1. The summed E-state index contributed by atoms with van der Waals surface area (Å²) in [6, 6.07) is 35.5. The Morgan fingerprint density at radius 3 is 1.49 bits per heavy atom. The molecule has 59 heavy (non-hydrogen) atoms. The van der Waals surface area contributed by atoms with Crippen molar-refractivity contribution in [3.05, 3.63) is 154 Å². The number of carbonyl (C=O) groups is 3. The minimum atomic E-state index is -1.34. The van der Waals surface area contributed by atoms with Gasteiger partial charge in [-0.05, 0) is 54.8 Å². The van der Waals surface area contributed by atoms with Gasteiger partial charge in [-0.15, -0.1) is 0 Å². The first-order chi connectivity index (χ1) is 28.7. The van der Waals surface area contributed by atoms with Crippen LogP contribution in [0.3, 0.4) is 0 Å². The van der Waals surface area contributed by atoms with Crippen molar-refractivity contribution in [1.82, 2.24) is 0 Å². The summed E-state index contributed by atoms with van der Waals surface area (Å²) in [7, 11) is 0. The number of nitrogens with zero attached hydrogens (tertiary/aromatic N) is 3. The normalized spacial score (nSPS) is 26.5. The Hall–Kier alpha value is -5.64. The van der Waals surface area contributed by atoms with Crippen LogP contribution in [0.4, 0.5) is 0 Å². The summed E-state index contributed by atoms with van der Waals surface area (Å²) in [5, 5.41) is 3.58. The topological polar surface area (TPSA) is 183 Å². The summed E-state index contributed by atoms with van der Waals surface area (Å²) < 4.78 is 57.1. The molecule has 0 radical (unpaired) electrons. The van der Waals surface area contributed by atoms with E-state index in [0.717, 1.165) is 11.1 Å². The van der Waals surface area contributed by atoms with Crippen molar-refractivity contribution < 1.29 is 57.0 Å². The van der Waals surface area contributed by atoms with Crippen molar-refractivity contribution in [3.63, 3.8) is 0 Å². The Kier molecular flexibility index (Phi) is 15.6. The predicted molar refractivity (Wildman–Crippen MR) is 210 cm³/mol. The van der Waals surface area contributed by atoms with Crippen LogP contribution < -0.4 is 0 Å². The van der Waals surface area contributed by atoms with Crippen molar-refractivity contribution in [1.29, 1.82) is 0 Å². The fourth-order valence-corrected chi connectivity index (χ4v) is 6.82. The van der Waals surface area contributed by atoms with Crippen LogP contribution in [0.5, 0.6) is 0 Å². The van der Waals surface area contributed by atoms with Gasteiger partial charge >= 0.3 is 17.9 Å². The van der Waals surface area contributed by atoms with Crippen molar-refractivity contribution in [2.75, 3.05) is 13.2 Å². The fraction of sp³-hybridized carbons (Fsp3) is 0.386. The van der Waals surface area contributed by atoms with E-state index in [1.54, 1.807) is 74.5 Å². The van der Waals surface area contributed by atoms with Gasteiger partial charge in [-0.25, -0.2) is 9.59 Å². The smallest absolute Gasteiger partial charge is 0.338 e. The zero-order chi connectivity index (χ0) is 41.6. The van der Waals surface area contributed by atoms with E-state index in [-0.39, 0.29) is 37.5 Å². The van der Waals surface area contributed by atoms with E-state index in [1.807, 2.05) is 60.7 Å². The molecule has 0 aromatic heterocycles. The van der Waals surface area contributed by atoms with Gasteiger partial charge in [0.1, 0.15) is 18.3 Å². The maximum absolute atomic E-state index is 13.7.